The van der Waals surface area contributed by atoms with E-state index in [1.54, 1.807) is 0 Å². The van der Waals surface area contributed by atoms with Crippen molar-refractivity contribution >= 4 is 43.5 Å². The second-order valence-corrected chi connectivity index (χ2v) is 12.2. The second kappa shape index (κ2) is 8.44. The van der Waals surface area contributed by atoms with Crippen molar-refractivity contribution in [2.75, 3.05) is 0 Å². The Kier molecular flexibility index (Phi) is 4.73. The van der Waals surface area contributed by atoms with Gasteiger partial charge in [0.25, 0.3) is 0 Å². The van der Waals surface area contributed by atoms with Gasteiger partial charge in [-0.2, -0.15) is 0 Å². The lowest BCUT2D eigenvalue weighted by Gasteiger charge is -2.24. The van der Waals surface area contributed by atoms with Gasteiger partial charge in [0.1, 0.15) is 11.2 Å². The Morgan fingerprint density at radius 2 is 1.10 bits per heavy atom. The van der Waals surface area contributed by atoms with Crippen molar-refractivity contribution in [3.63, 3.8) is 0 Å². The Hall–Kier alpha value is -5.14. The maximum absolute atomic E-state index is 6.26. The largest absolute Gasteiger partial charge is 0.456 e. The van der Waals surface area contributed by atoms with Crippen LogP contribution >= 0.6 is 0 Å². The van der Waals surface area contributed by atoms with Crippen molar-refractivity contribution in [1.82, 2.24) is 0 Å². The van der Waals surface area contributed by atoms with Gasteiger partial charge in [-0.1, -0.05) is 111 Å². The lowest BCUT2D eigenvalue weighted by atomic mass is 9.79. The highest BCUT2D eigenvalue weighted by Gasteiger charge is 2.37. The standard InChI is InChI=1S/C41H28O/c1-41(2)37-23-30(25-8-4-3-5-9-25)13-17-33(37)34-18-14-31-20-28(12-16-32(31)40(34)41)29-15-19-38-35(22-29)36-21-26-10-6-7-11-27(26)24-39(36)42-38/h3-24H,1-2H3. The monoisotopic (exact) mass is 536 g/mol. The number of hydrogen-bond acceptors (Lipinski definition) is 1. The third kappa shape index (κ3) is 3.31. The summed E-state index contributed by atoms with van der Waals surface area (Å²) in [6.07, 6.45) is 0. The van der Waals surface area contributed by atoms with E-state index in [9.17, 15) is 0 Å². The van der Waals surface area contributed by atoms with Gasteiger partial charge in [-0.05, 0) is 102 Å². The fourth-order valence-electron chi connectivity index (χ4n) is 7.29. The normalized spacial score (nSPS) is 13.7. The van der Waals surface area contributed by atoms with E-state index in [1.807, 2.05) is 0 Å². The summed E-state index contributed by atoms with van der Waals surface area (Å²) in [6.45, 7) is 4.75. The first-order valence-corrected chi connectivity index (χ1v) is 14.7. The van der Waals surface area contributed by atoms with Gasteiger partial charge in [0.15, 0.2) is 0 Å². The van der Waals surface area contributed by atoms with Crippen LogP contribution in [0.15, 0.2) is 138 Å². The minimum absolute atomic E-state index is 0.0894. The van der Waals surface area contributed by atoms with E-state index < -0.39 is 0 Å². The third-order valence-electron chi connectivity index (χ3n) is 9.41. The number of benzene rings is 7. The zero-order valence-electron chi connectivity index (χ0n) is 23.6. The molecule has 7 aromatic carbocycles. The van der Waals surface area contributed by atoms with Crippen LogP contribution < -0.4 is 0 Å². The molecular weight excluding hydrogens is 508 g/mol. The molecule has 0 fully saturated rings. The van der Waals surface area contributed by atoms with Gasteiger partial charge in [-0.25, -0.2) is 0 Å². The van der Waals surface area contributed by atoms with Crippen molar-refractivity contribution < 1.29 is 4.42 Å². The number of rotatable bonds is 2. The summed E-state index contributed by atoms with van der Waals surface area (Å²) >= 11 is 0. The molecule has 0 bridgehead atoms. The average molecular weight is 537 g/mol. The van der Waals surface area contributed by atoms with Gasteiger partial charge >= 0.3 is 0 Å². The zero-order chi connectivity index (χ0) is 28.0. The molecule has 0 amide bonds. The van der Waals surface area contributed by atoms with E-state index in [0.717, 1.165) is 16.6 Å². The van der Waals surface area contributed by atoms with Crippen molar-refractivity contribution in [3.05, 3.63) is 145 Å². The molecule has 8 aromatic rings. The first-order chi connectivity index (χ1) is 20.5. The van der Waals surface area contributed by atoms with Crippen LogP contribution in [0.25, 0.3) is 76.9 Å². The van der Waals surface area contributed by atoms with E-state index in [-0.39, 0.29) is 5.41 Å². The van der Waals surface area contributed by atoms with E-state index in [1.165, 1.54) is 71.4 Å². The lowest BCUT2D eigenvalue weighted by Crippen LogP contribution is -2.15. The summed E-state index contributed by atoms with van der Waals surface area (Å²) in [7, 11) is 0. The van der Waals surface area contributed by atoms with Crippen LogP contribution in [0.4, 0.5) is 0 Å². The topological polar surface area (TPSA) is 13.1 Å². The smallest absolute Gasteiger partial charge is 0.136 e. The van der Waals surface area contributed by atoms with Gasteiger partial charge in [0.2, 0.25) is 0 Å². The Bertz CT molecular complexity index is 2370. The van der Waals surface area contributed by atoms with E-state index in [4.69, 9.17) is 4.42 Å². The van der Waals surface area contributed by atoms with Gasteiger partial charge < -0.3 is 4.42 Å². The van der Waals surface area contributed by atoms with Gasteiger partial charge in [-0.3, -0.25) is 0 Å². The molecule has 0 aliphatic heterocycles. The summed E-state index contributed by atoms with van der Waals surface area (Å²) in [6, 6.07) is 48.8. The zero-order valence-corrected chi connectivity index (χ0v) is 23.6. The van der Waals surface area contributed by atoms with E-state index >= 15 is 0 Å². The molecular formula is C41H28O. The SMILES string of the molecule is CC1(C)c2cc(-c3ccccc3)ccc2-c2ccc3cc(-c4ccc5oc6cc7ccccc7cc6c5c4)ccc3c21. The Balaban J connectivity index is 1.16. The van der Waals surface area contributed by atoms with Crippen molar-refractivity contribution in [3.8, 4) is 33.4 Å². The molecule has 1 heteroatoms. The Morgan fingerprint density at radius 1 is 0.429 bits per heavy atom. The van der Waals surface area contributed by atoms with Crippen LogP contribution in [-0.4, -0.2) is 0 Å². The van der Waals surface area contributed by atoms with Gasteiger partial charge in [0, 0.05) is 16.2 Å². The van der Waals surface area contributed by atoms with Crippen LogP contribution in [0, 0.1) is 0 Å². The Labute approximate surface area is 244 Å². The summed E-state index contributed by atoms with van der Waals surface area (Å²) in [4.78, 5) is 0. The molecule has 0 spiro atoms. The first-order valence-electron chi connectivity index (χ1n) is 14.7. The summed E-state index contributed by atoms with van der Waals surface area (Å²) in [5.74, 6) is 0. The summed E-state index contributed by atoms with van der Waals surface area (Å²) in [5.41, 5.74) is 12.3. The molecule has 0 radical (unpaired) electrons. The molecule has 198 valence electrons. The van der Waals surface area contributed by atoms with Crippen LogP contribution in [0.2, 0.25) is 0 Å². The minimum atomic E-state index is -0.0894. The molecule has 1 aliphatic carbocycles. The second-order valence-electron chi connectivity index (χ2n) is 12.2. The molecule has 1 aliphatic rings. The quantitative estimate of drug-likeness (QED) is 0.214. The highest BCUT2D eigenvalue weighted by atomic mass is 16.3. The van der Waals surface area contributed by atoms with Gasteiger partial charge in [0.05, 0.1) is 0 Å². The molecule has 0 unspecified atom stereocenters. The fraction of sp³-hybridized carbons (Fsp3) is 0.0732. The molecule has 9 rings (SSSR count). The van der Waals surface area contributed by atoms with Gasteiger partial charge in [-0.15, -0.1) is 0 Å². The van der Waals surface area contributed by atoms with Crippen LogP contribution in [0.5, 0.6) is 0 Å². The predicted molar refractivity (Wildman–Crippen MR) is 177 cm³/mol. The Morgan fingerprint density at radius 3 is 1.95 bits per heavy atom. The van der Waals surface area contributed by atoms with Crippen molar-refractivity contribution in [2.45, 2.75) is 19.3 Å². The molecule has 0 atom stereocenters. The molecule has 1 nitrogen and oxygen atoms in total. The maximum atomic E-state index is 6.26. The third-order valence-corrected chi connectivity index (χ3v) is 9.41. The molecule has 1 aromatic heterocycles. The molecule has 42 heavy (non-hydrogen) atoms. The highest BCUT2D eigenvalue weighted by molar-refractivity contribution is 6.11. The molecule has 0 saturated heterocycles. The number of hydrogen-bond donors (Lipinski definition) is 0. The predicted octanol–water partition coefficient (Wildman–Crippen LogP) is 11.5. The van der Waals surface area contributed by atoms with Crippen molar-refractivity contribution in [1.29, 1.82) is 0 Å². The highest BCUT2D eigenvalue weighted by Crippen LogP contribution is 2.52. The molecule has 0 N–H and O–H groups in total. The van der Waals surface area contributed by atoms with Crippen molar-refractivity contribution in [2.24, 2.45) is 0 Å². The van der Waals surface area contributed by atoms with Crippen LogP contribution in [-0.2, 0) is 5.41 Å². The average Bonchev–Trinajstić information content (AvgIpc) is 3.50. The van der Waals surface area contributed by atoms with E-state index in [2.05, 4.69) is 147 Å². The fourth-order valence-corrected chi connectivity index (χ4v) is 7.29. The first kappa shape index (κ1) is 23.6. The lowest BCUT2D eigenvalue weighted by molar-refractivity contribution is 0.666. The number of fused-ring (bicyclic) bond motifs is 9. The van der Waals surface area contributed by atoms with Crippen LogP contribution in [0.3, 0.4) is 0 Å². The van der Waals surface area contributed by atoms with E-state index in [0.29, 0.717) is 0 Å². The maximum Gasteiger partial charge on any atom is 0.136 e. The molecule has 1 heterocycles. The molecule has 0 saturated carbocycles. The minimum Gasteiger partial charge on any atom is -0.456 e. The van der Waals surface area contributed by atoms with Crippen LogP contribution in [0.1, 0.15) is 25.0 Å². The summed E-state index contributed by atoms with van der Waals surface area (Å²) in [5, 5.41) is 7.37. The number of furan rings is 1. The summed E-state index contributed by atoms with van der Waals surface area (Å²) < 4.78 is 6.26.